The van der Waals surface area contributed by atoms with E-state index in [0.717, 1.165) is 21.2 Å². The minimum absolute atomic E-state index is 0.123. The summed E-state index contributed by atoms with van der Waals surface area (Å²) in [4.78, 5) is 17.6. The molecule has 1 N–H and O–H groups in total. The summed E-state index contributed by atoms with van der Waals surface area (Å²) >= 11 is 13.3. The zero-order valence-electron chi connectivity index (χ0n) is 18.2. The number of anilines is 1. The lowest BCUT2D eigenvalue weighted by atomic mass is 10.0. The first kappa shape index (κ1) is 24.0. The maximum absolute atomic E-state index is 13.0. The number of pyridine rings is 1. The number of amides is 1. The van der Waals surface area contributed by atoms with Gasteiger partial charge in [0.05, 0.1) is 18.1 Å². The second-order valence-electron chi connectivity index (χ2n) is 8.06. The van der Waals surface area contributed by atoms with Crippen LogP contribution in [0.25, 0.3) is 10.1 Å². The Labute approximate surface area is 215 Å². The Balaban J connectivity index is 1.40. The van der Waals surface area contributed by atoms with Crippen LogP contribution in [0.5, 0.6) is 11.6 Å². The summed E-state index contributed by atoms with van der Waals surface area (Å²) in [5.74, 6) is 0.400. The minimum atomic E-state index is -3.33. The third kappa shape index (κ3) is 5.29. The summed E-state index contributed by atoms with van der Waals surface area (Å²) in [5.41, 5.74) is 1.96. The van der Waals surface area contributed by atoms with Crippen molar-refractivity contribution in [3.05, 3.63) is 80.8 Å². The standard InChI is InChI=1S/C24H18Cl2N2O5S2/c1-35(30,31)21-12-32-11-14-8-19-13(6-18(14)21)7-20(34-19)24(29)27-16-9-22(26)28-23(10-16)33-17-4-2-15(25)3-5-17/h2-10,21H,11-12H2,1H3,(H,27,28,29). The van der Waals surface area contributed by atoms with Crippen LogP contribution in [0.2, 0.25) is 10.2 Å². The molecular formula is C24H18Cl2N2O5S2. The zero-order valence-corrected chi connectivity index (χ0v) is 21.4. The van der Waals surface area contributed by atoms with Crippen molar-refractivity contribution in [2.45, 2.75) is 11.9 Å². The first-order chi connectivity index (χ1) is 16.7. The molecule has 3 heterocycles. The van der Waals surface area contributed by atoms with Crippen LogP contribution in [-0.2, 0) is 21.2 Å². The van der Waals surface area contributed by atoms with Crippen LogP contribution in [0, 0.1) is 0 Å². The Hall–Kier alpha value is -2.69. The van der Waals surface area contributed by atoms with E-state index in [1.807, 2.05) is 12.1 Å². The van der Waals surface area contributed by atoms with Crippen molar-refractivity contribution in [2.75, 3.05) is 18.2 Å². The zero-order chi connectivity index (χ0) is 24.7. The van der Waals surface area contributed by atoms with E-state index in [0.29, 0.717) is 27.9 Å². The summed E-state index contributed by atoms with van der Waals surface area (Å²) in [6, 6.07) is 15.3. The van der Waals surface area contributed by atoms with Gasteiger partial charge in [-0.2, -0.15) is 0 Å². The Bertz CT molecular complexity index is 1550. The number of nitrogens with one attached hydrogen (secondary N) is 1. The molecule has 0 spiro atoms. The van der Waals surface area contributed by atoms with Gasteiger partial charge in [-0.25, -0.2) is 13.4 Å². The molecule has 1 aliphatic heterocycles. The van der Waals surface area contributed by atoms with Crippen molar-refractivity contribution in [3.63, 3.8) is 0 Å². The van der Waals surface area contributed by atoms with E-state index in [2.05, 4.69) is 10.3 Å². The van der Waals surface area contributed by atoms with Crippen LogP contribution in [0.3, 0.4) is 0 Å². The Morgan fingerprint density at radius 1 is 1.14 bits per heavy atom. The van der Waals surface area contributed by atoms with Gasteiger partial charge in [-0.1, -0.05) is 23.2 Å². The van der Waals surface area contributed by atoms with Crippen molar-refractivity contribution in [3.8, 4) is 11.6 Å². The second kappa shape index (κ2) is 9.40. The van der Waals surface area contributed by atoms with E-state index in [1.165, 1.54) is 23.7 Å². The van der Waals surface area contributed by atoms with Gasteiger partial charge < -0.3 is 14.8 Å². The number of aromatic nitrogens is 1. The smallest absolute Gasteiger partial charge is 0.265 e. The molecule has 2 aromatic heterocycles. The highest BCUT2D eigenvalue weighted by Gasteiger charge is 2.30. The van der Waals surface area contributed by atoms with Crippen molar-refractivity contribution in [1.29, 1.82) is 0 Å². The fourth-order valence-electron chi connectivity index (χ4n) is 3.82. The van der Waals surface area contributed by atoms with Crippen LogP contribution in [0.15, 0.2) is 54.6 Å². The lowest BCUT2D eigenvalue weighted by Crippen LogP contribution is -2.23. The minimum Gasteiger partial charge on any atom is -0.439 e. The highest BCUT2D eigenvalue weighted by molar-refractivity contribution is 7.91. The second-order valence-corrected chi connectivity index (χ2v) is 12.2. The first-order valence-corrected chi connectivity index (χ1v) is 13.9. The number of hydrogen-bond donors (Lipinski definition) is 1. The molecule has 5 rings (SSSR count). The van der Waals surface area contributed by atoms with Gasteiger partial charge in [-0.15, -0.1) is 11.3 Å². The maximum Gasteiger partial charge on any atom is 0.265 e. The molecule has 2 aromatic carbocycles. The topological polar surface area (TPSA) is 94.6 Å². The van der Waals surface area contributed by atoms with Gasteiger partial charge in [0, 0.05) is 27.7 Å². The number of halogens is 2. The molecule has 35 heavy (non-hydrogen) atoms. The molecule has 0 aliphatic carbocycles. The quantitative estimate of drug-likeness (QED) is 0.295. The summed E-state index contributed by atoms with van der Waals surface area (Å²) in [6.45, 7) is 0.459. The third-order valence-corrected chi connectivity index (χ3v) is 8.42. The van der Waals surface area contributed by atoms with E-state index < -0.39 is 15.1 Å². The molecule has 1 unspecified atom stereocenters. The summed E-state index contributed by atoms with van der Waals surface area (Å²) < 4.78 is 36.5. The first-order valence-electron chi connectivity index (χ1n) is 10.4. The van der Waals surface area contributed by atoms with Crippen LogP contribution in [0.4, 0.5) is 5.69 Å². The van der Waals surface area contributed by atoms with Crippen LogP contribution in [0.1, 0.15) is 26.0 Å². The number of rotatable bonds is 5. The van der Waals surface area contributed by atoms with Gasteiger partial charge >= 0.3 is 0 Å². The average molecular weight is 549 g/mol. The Kier molecular flexibility index (Phi) is 6.45. The molecule has 1 aliphatic rings. The number of ether oxygens (including phenoxy) is 2. The fourth-order valence-corrected chi connectivity index (χ4v) is 6.17. The maximum atomic E-state index is 13.0. The number of fused-ring (bicyclic) bond motifs is 2. The summed E-state index contributed by atoms with van der Waals surface area (Å²) in [6.07, 6.45) is 1.21. The number of nitrogens with zero attached hydrogens (tertiary/aromatic N) is 1. The monoisotopic (exact) mass is 548 g/mol. The van der Waals surface area contributed by atoms with Crippen molar-refractivity contribution < 1.29 is 22.7 Å². The molecule has 0 saturated heterocycles. The fraction of sp³-hybridized carbons (Fsp3) is 0.167. The third-order valence-electron chi connectivity index (χ3n) is 5.46. The van der Waals surface area contributed by atoms with Gasteiger partial charge in [-0.3, -0.25) is 4.79 Å². The molecule has 0 saturated carbocycles. The number of thiophene rings is 1. The van der Waals surface area contributed by atoms with Crippen LogP contribution < -0.4 is 10.1 Å². The molecule has 180 valence electrons. The lowest BCUT2D eigenvalue weighted by molar-refractivity contribution is 0.103. The molecule has 0 bridgehead atoms. The molecule has 4 aromatic rings. The molecule has 1 amide bonds. The van der Waals surface area contributed by atoms with Crippen LogP contribution >= 0.6 is 34.5 Å². The molecule has 11 heteroatoms. The number of benzene rings is 2. The van der Waals surface area contributed by atoms with Crippen molar-refractivity contribution in [2.24, 2.45) is 0 Å². The Morgan fingerprint density at radius 3 is 2.66 bits per heavy atom. The number of hydrogen-bond acceptors (Lipinski definition) is 7. The van der Waals surface area contributed by atoms with Crippen molar-refractivity contribution >= 4 is 66.1 Å². The van der Waals surface area contributed by atoms with Gasteiger partial charge in [0.25, 0.3) is 5.91 Å². The van der Waals surface area contributed by atoms with E-state index >= 15 is 0 Å². The largest absolute Gasteiger partial charge is 0.439 e. The molecule has 1 atom stereocenters. The normalized spacial score (nSPS) is 15.6. The molecule has 0 fully saturated rings. The number of sulfone groups is 1. The van der Waals surface area contributed by atoms with Crippen molar-refractivity contribution in [1.82, 2.24) is 4.98 Å². The number of carbonyl (C=O) groups is 1. The van der Waals surface area contributed by atoms with Gasteiger partial charge in [-0.05, 0) is 65.0 Å². The van der Waals surface area contributed by atoms with E-state index in [-0.39, 0.29) is 23.5 Å². The van der Waals surface area contributed by atoms with E-state index in [9.17, 15) is 13.2 Å². The highest BCUT2D eigenvalue weighted by Crippen LogP contribution is 2.37. The number of carbonyl (C=O) groups excluding carboxylic acids is 1. The average Bonchev–Trinajstić information content (AvgIpc) is 3.21. The van der Waals surface area contributed by atoms with E-state index in [1.54, 1.807) is 36.4 Å². The van der Waals surface area contributed by atoms with Gasteiger partial charge in [0.2, 0.25) is 5.88 Å². The van der Waals surface area contributed by atoms with Crippen LogP contribution in [-0.4, -0.2) is 32.2 Å². The summed E-state index contributed by atoms with van der Waals surface area (Å²) in [5, 5.41) is 3.64. The molecule has 7 nitrogen and oxygen atoms in total. The summed E-state index contributed by atoms with van der Waals surface area (Å²) in [7, 11) is -3.33. The predicted octanol–water partition coefficient (Wildman–Crippen LogP) is 6.26. The van der Waals surface area contributed by atoms with Gasteiger partial charge in [0.1, 0.15) is 16.2 Å². The lowest BCUT2D eigenvalue weighted by Gasteiger charge is -2.24. The molecular weight excluding hydrogens is 531 g/mol. The van der Waals surface area contributed by atoms with Gasteiger partial charge in [0.15, 0.2) is 9.84 Å². The van der Waals surface area contributed by atoms with E-state index in [4.69, 9.17) is 32.7 Å². The highest BCUT2D eigenvalue weighted by atomic mass is 35.5. The predicted molar refractivity (Wildman–Crippen MR) is 138 cm³/mol. The molecule has 0 radical (unpaired) electrons. The Morgan fingerprint density at radius 2 is 1.91 bits per heavy atom. The SMILES string of the molecule is CS(=O)(=O)C1COCc2cc3sc(C(=O)Nc4cc(Cl)nc(Oc5ccc(Cl)cc5)c4)cc3cc21.